The second kappa shape index (κ2) is 7.02. The number of aryl methyl sites for hydroxylation is 2. The first-order valence-electron chi connectivity index (χ1n) is 9.15. The molecular weight excluding hydrogens is 331 g/mol. The minimum atomic E-state index is -0.227. The second-order valence-electron chi connectivity index (χ2n) is 7.33. The van der Waals surface area contributed by atoms with Gasteiger partial charge in [-0.3, -0.25) is 4.79 Å². The van der Waals surface area contributed by atoms with Gasteiger partial charge in [0.2, 0.25) is 5.91 Å². The molecule has 0 radical (unpaired) electrons. The lowest BCUT2D eigenvalue weighted by Gasteiger charge is -2.22. The number of halogens is 1. The maximum atomic E-state index is 13.7. The molecule has 4 rings (SSSR count). The Morgan fingerprint density at radius 2 is 1.88 bits per heavy atom. The van der Waals surface area contributed by atoms with Gasteiger partial charge >= 0.3 is 0 Å². The molecule has 2 aliphatic heterocycles. The van der Waals surface area contributed by atoms with Crippen LogP contribution in [0.2, 0.25) is 0 Å². The van der Waals surface area contributed by atoms with Gasteiger partial charge < -0.3 is 9.80 Å². The average Bonchev–Trinajstić information content (AvgIpc) is 3.20. The normalized spacial score (nSPS) is 21.9. The summed E-state index contributed by atoms with van der Waals surface area (Å²) in [5.74, 6) is 1.86. The van der Waals surface area contributed by atoms with E-state index in [1.807, 2.05) is 24.0 Å². The van der Waals surface area contributed by atoms with E-state index < -0.39 is 0 Å². The van der Waals surface area contributed by atoms with Gasteiger partial charge in [-0.15, -0.1) is 0 Å². The Kier molecular flexibility index (Phi) is 4.57. The molecule has 0 aliphatic carbocycles. The number of aromatic nitrogens is 2. The highest BCUT2D eigenvalue weighted by Crippen LogP contribution is 2.33. The van der Waals surface area contributed by atoms with Gasteiger partial charge in [0, 0.05) is 56.2 Å². The van der Waals surface area contributed by atoms with Crippen molar-refractivity contribution in [2.75, 3.05) is 31.1 Å². The Hall–Kier alpha value is -2.50. The third-order valence-electron chi connectivity index (χ3n) is 5.52. The number of nitrogens with zero attached hydrogens (tertiary/aromatic N) is 4. The van der Waals surface area contributed by atoms with Crippen molar-refractivity contribution in [3.63, 3.8) is 0 Å². The number of hydrogen-bond acceptors (Lipinski definition) is 4. The van der Waals surface area contributed by atoms with E-state index in [1.165, 1.54) is 6.07 Å². The molecule has 0 N–H and O–H groups in total. The minimum absolute atomic E-state index is 0.132. The Bertz CT molecular complexity index is 798. The fourth-order valence-corrected chi connectivity index (χ4v) is 4.10. The minimum Gasteiger partial charge on any atom is -0.356 e. The van der Waals surface area contributed by atoms with E-state index in [0.717, 1.165) is 37.7 Å². The number of carbonyl (C=O) groups is 1. The fraction of sp³-hybridized carbons (Fsp3) is 0.450. The molecule has 0 bridgehead atoms. The molecule has 26 heavy (non-hydrogen) atoms. The van der Waals surface area contributed by atoms with Gasteiger partial charge in [0.25, 0.3) is 0 Å². The van der Waals surface area contributed by atoms with Crippen molar-refractivity contribution in [3.8, 4) is 0 Å². The van der Waals surface area contributed by atoms with E-state index in [4.69, 9.17) is 0 Å². The molecular formula is C20H23FN4O. The van der Waals surface area contributed by atoms with Gasteiger partial charge in [-0.05, 0) is 25.0 Å². The molecule has 1 amide bonds. The van der Waals surface area contributed by atoms with Gasteiger partial charge in [0.05, 0.1) is 0 Å². The standard InChI is InChI=1S/C20H23FN4O/c1-14-8-19(23-13-22-14)24-9-16-11-25(12-17(16)10-24)20(26)7-6-15-4-2-3-5-18(15)21/h2-5,8,13,16-17H,6-7,9-12H2,1H3. The molecule has 2 unspecified atom stereocenters. The van der Waals surface area contributed by atoms with Crippen molar-refractivity contribution in [2.45, 2.75) is 19.8 Å². The van der Waals surface area contributed by atoms with Gasteiger partial charge in [0.15, 0.2) is 0 Å². The summed E-state index contributed by atoms with van der Waals surface area (Å²) in [4.78, 5) is 25.3. The first kappa shape index (κ1) is 16.9. The van der Waals surface area contributed by atoms with E-state index in [-0.39, 0.29) is 11.7 Å². The predicted molar refractivity (Wildman–Crippen MR) is 97.3 cm³/mol. The summed E-state index contributed by atoms with van der Waals surface area (Å²) in [6, 6.07) is 8.70. The molecule has 2 aromatic rings. The van der Waals surface area contributed by atoms with Crippen LogP contribution in [-0.4, -0.2) is 47.0 Å². The number of fused-ring (bicyclic) bond motifs is 1. The highest BCUT2D eigenvalue weighted by Gasteiger charge is 2.41. The summed E-state index contributed by atoms with van der Waals surface area (Å²) in [6.45, 7) is 5.41. The molecule has 2 fully saturated rings. The van der Waals surface area contributed by atoms with E-state index in [1.54, 1.807) is 18.5 Å². The SMILES string of the molecule is Cc1cc(N2CC3CN(C(=O)CCc4ccccc4F)CC3C2)ncn1. The van der Waals surface area contributed by atoms with Crippen LogP contribution in [0.25, 0.3) is 0 Å². The summed E-state index contributed by atoms with van der Waals surface area (Å²) >= 11 is 0. The highest BCUT2D eigenvalue weighted by atomic mass is 19.1. The smallest absolute Gasteiger partial charge is 0.222 e. The van der Waals surface area contributed by atoms with Crippen molar-refractivity contribution in [1.29, 1.82) is 0 Å². The summed E-state index contributed by atoms with van der Waals surface area (Å²) < 4.78 is 13.7. The third-order valence-corrected chi connectivity index (χ3v) is 5.52. The van der Waals surface area contributed by atoms with Gasteiger partial charge in [0.1, 0.15) is 18.0 Å². The lowest BCUT2D eigenvalue weighted by molar-refractivity contribution is -0.130. The van der Waals surface area contributed by atoms with Crippen LogP contribution in [0.3, 0.4) is 0 Å². The van der Waals surface area contributed by atoms with Crippen LogP contribution in [0.1, 0.15) is 17.7 Å². The number of likely N-dealkylation sites (tertiary alicyclic amines) is 1. The van der Waals surface area contributed by atoms with Crippen molar-refractivity contribution in [2.24, 2.45) is 11.8 Å². The third kappa shape index (κ3) is 3.41. The number of carbonyl (C=O) groups excluding carboxylic acids is 1. The zero-order valence-corrected chi connectivity index (χ0v) is 14.9. The molecule has 3 heterocycles. The highest BCUT2D eigenvalue weighted by molar-refractivity contribution is 5.77. The number of anilines is 1. The quantitative estimate of drug-likeness (QED) is 0.846. The zero-order valence-electron chi connectivity index (χ0n) is 14.9. The predicted octanol–water partition coefficient (Wildman–Crippen LogP) is 2.45. The Morgan fingerprint density at radius 1 is 1.15 bits per heavy atom. The topological polar surface area (TPSA) is 49.3 Å². The molecule has 1 aromatic heterocycles. The lowest BCUT2D eigenvalue weighted by atomic mass is 10.0. The Labute approximate surface area is 152 Å². The zero-order chi connectivity index (χ0) is 18.1. The molecule has 136 valence electrons. The Morgan fingerprint density at radius 3 is 2.58 bits per heavy atom. The Balaban J connectivity index is 1.31. The molecule has 5 nitrogen and oxygen atoms in total. The summed E-state index contributed by atoms with van der Waals surface area (Å²) in [5.41, 5.74) is 1.59. The van der Waals surface area contributed by atoms with Gasteiger partial charge in [-0.1, -0.05) is 18.2 Å². The summed E-state index contributed by atoms with van der Waals surface area (Å²) in [5, 5.41) is 0. The second-order valence-corrected chi connectivity index (χ2v) is 7.33. The molecule has 6 heteroatoms. The van der Waals surface area contributed by atoms with Crippen LogP contribution in [0, 0.1) is 24.6 Å². The van der Waals surface area contributed by atoms with Crippen LogP contribution in [0.15, 0.2) is 36.7 Å². The first-order valence-corrected chi connectivity index (χ1v) is 9.15. The van der Waals surface area contributed by atoms with E-state index >= 15 is 0 Å². The van der Waals surface area contributed by atoms with Gasteiger partial charge in [-0.2, -0.15) is 0 Å². The van der Waals surface area contributed by atoms with Crippen molar-refractivity contribution >= 4 is 11.7 Å². The monoisotopic (exact) mass is 354 g/mol. The number of benzene rings is 1. The molecule has 2 aliphatic rings. The van der Waals surface area contributed by atoms with Gasteiger partial charge in [-0.25, -0.2) is 14.4 Å². The maximum Gasteiger partial charge on any atom is 0.222 e. The van der Waals surface area contributed by atoms with Crippen molar-refractivity contribution in [3.05, 3.63) is 53.7 Å². The summed E-state index contributed by atoms with van der Waals surface area (Å²) in [7, 11) is 0. The van der Waals surface area contributed by atoms with Crippen LogP contribution in [-0.2, 0) is 11.2 Å². The fourth-order valence-electron chi connectivity index (χ4n) is 4.10. The number of rotatable bonds is 4. The van der Waals surface area contributed by atoms with Crippen LogP contribution in [0.5, 0.6) is 0 Å². The molecule has 2 saturated heterocycles. The van der Waals surface area contributed by atoms with E-state index in [2.05, 4.69) is 14.9 Å². The van der Waals surface area contributed by atoms with Crippen molar-refractivity contribution in [1.82, 2.24) is 14.9 Å². The molecule has 0 saturated carbocycles. The number of hydrogen-bond donors (Lipinski definition) is 0. The molecule has 2 atom stereocenters. The van der Waals surface area contributed by atoms with Crippen LogP contribution in [0.4, 0.5) is 10.2 Å². The lowest BCUT2D eigenvalue weighted by Crippen LogP contribution is -2.33. The van der Waals surface area contributed by atoms with Crippen LogP contribution < -0.4 is 4.90 Å². The summed E-state index contributed by atoms with van der Waals surface area (Å²) in [6.07, 6.45) is 2.44. The first-order chi connectivity index (χ1) is 12.6. The number of amides is 1. The molecule has 1 aromatic carbocycles. The largest absolute Gasteiger partial charge is 0.356 e. The maximum absolute atomic E-state index is 13.7. The van der Waals surface area contributed by atoms with Crippen molar-refractivity contribution < 1.29 is 9.18 Å². The molecule has 0 spiro atoms. The van der Waals surface area contributed by atoms with Crippen LogP contribution >= 0.6 is 0 Å². The van der Waals surface area contributed by atoms with E-state index in [9.17, 15) is 9.18 Å². The average molecular weight is 354 g/mol. The van der Waals surface area contributed by atoms with E-state index in [0.29, 0.717) is 30.2 Å².